The molecule has 0 heterocycles. The topological polar surface area (TPSA) is 78.9 Å². The van der Waals surface area contributed by atoms with Crippen molar-refractivity contribution in [2.24, 2.45) is 17.8 Å². The molecule has 0 aliphatic rings. The van der Waals surface area contributed by atoms with Gasteiger partial charge in [-0.05, 0) is 56.3 Å². The van der Waals surface area contributed by atoms with Gasteiger partial charge in [0.05, 0.1) is 19.8 Å². The van der Waals surface area contributed by atoms with Gasteiger partial charge in [0.2, 0.25) is 0 Å². The van der Waals surface area contributed by atoms with E-state index in [1.807, 2.05) is 0 Å². The van der Waals surface area contributed by atoms with Gasteiger partial charge in [0, 0.05) is 19.3 Å². The summed E-state index contributed by atoms with van der Waals surface area (Å²) < 4.78 is 16.3. The van der Waals surface area contributed by atoms with Crippen molar-refractivity contribution >= 4 is 17.9 Å². The normalized spacial score (nSPS) is 12.3. The van der Waals surface area contributed by atoms with E-state index in [1.54, 1.807) is 0 Å². The first kappa shape index (κ1) is 68.7. The first-order valence-electron chi connectivity index (χ1n) is 29.7. The largest absolute Gasteiger partial charge is 0.465 e. The maximum absolute atomic E-state index is 11.7. The van der Waals surface area contributed by atoms with Crippen LogP contribution in [0.2, 0.25) is 0 Å². The van der Waals surface area contributed by atoms with Gasteiger partial charge >= 0.3 is 17.9 Å². The minimum atomic E-state index is 0.0119. The Balaban J connectivity index is -0.000000902. The summed E-state index contributed by atoms with van der Waals surface area (Å²) in [6.07, 6.45) is 51.0. The number of carbonyl (C=O) groups is 3. The molecular weight excluding hydrogens is 817 g/mol. The molecule has 0 aromatic heterocycles. The minimum absolute atomic E-state index is 0.0119. The first-order valence-corrected chi connectivity index (χ1v) is 29.7. The molecule has 0 aromatic carbocycles. The predicted octanol–water partition coefficient (Wildman–Crippen LogP) is 20.0. The predicted molar refractivity (Wildman–Crippen MR) is 288 cm³/mol. The Morgan fingerprint density at radius 2 is 0.439 bits per heavy atom. The molecule has 0 aromatic rings. The third kappa shape index (κ3) is 56.7. The van der Waals surface area contributed by atoms with Crippen LogP contribution in [-0.4, -0.2) is 37.7 Å². The molecule has 0 aliphatic heterocycles. The number of rotatable bonds is 48. The summed E-state index contributed by atoms with van der Waals surface area (Å²) in [6, 6.07) is 0. The van der Waals surface area contributed by atoms with Gasteiger partial charge in [-0.25, -0.2) is 0 Å². The monoisotopic (exact) mass is 937 g/mol. The fraction of sp³-hybridized carbons (Fsp3) is 0.950. The van der Waals surface area contributed by atoms with Crippen LogP contribution in [0.3, 0.4) is 0 Å². The molecule has 0 aliphatic carbocycles. The molecule has 6 nitrogen and oxygen atoms in total. The Morgan fingerprint density at radius 1 is 0.258 bits per heavy atom. The van der Waals surface area contributed by atoms with E-state index in [9.17, 15) is 14.4 Å². The average Bonchev–Trinajstić information content (AvgIpc) is 3.33. The Kier molecular flexibility index (Phi) is 61.9. The van der Waals surface area contributed by atoms with E-state index in [-0.39, 0.29) is 17.9 Å². The number of esters is 3. The number of hydrogen-bond acceptors (Lipinski definition) is 6. The molecule has 0 N–H and O–H groups in total. The molecule has 6 heteroatoms. The molecule has 0 saturated carbocycles. The van der Waals surface area contributed by atoms with E-state index in [1.165, 1.54) is 212 Å². The lowest BCUT2D eigenvalue weighted by Crippen LogP contribution is -2.13. The fourth-order valence-corrected chi connectivity index (χ4v) is 8.28. The second-order valence-corrected chi connectivity index (χ2v) is 20.0. The van der Waals surface area contributed by atoms with Crippen LogP contribution in [0.5, 0.6) is 0 Å². The van der Waals surface area contributed by atoms with E-state index in [2.05, 4.69) is 62.3 Å². The molecule has 3 atom stereocenters. The number of unbranched alkanes of at least 4 members (excludes halogenated alkanes) is 27. The molecule has 3 unspecified atom stereocenters. The molecule has 0 radical (unpaired) electrons. The van der Waals surface area contributed by atoms with Gasteiger partial charge in [-0.1, -0.05) is 274 Å². The average molecular weight is 938 g/mol. The quantitative estimate of drug-likeness (QED) is 0.0344. The van der Waals surface area contributed by atoms with Crippen molar-refractivity contribution < 1.29 is 28.6 Å². The van der Waals surface area contributed by atoms with Crippen LogP contribution in [-0.2, 0) is 28.6 Å². The molecule has 0 bridgehead atoms. The van der Waals surface area contributed by atoms with Crippen LogP contribution in [0.4, 0.5) is 0 Å². The van der Waals surface area contributed by atoms with Crippen LogP contribution >= 0.6 is 0 Å². The van der Waals surface area contributed by atoms with Gasteiger partial charge in [0.25, 0.3) is 0 Å². The lowest BCUT2D eigenvalue weighted by molar-refractivity contribution is -0.146. The highest BCUT2D eigenvalue weighted by molar-refractivity contribution is 5.69. The highest BCUT2D eigenvalue weighted by Crippen LogP contribution is 2.18. The van der Waals surface area contributed by atoms with Gasteiger partial charge in [-0.15, -0.1) is 0 Å². The zero-order valence-corrected chi connectivity index (χ0v) is 46.5. The lowest BCUT2D eigenvalue weighted by Gasteiger charge is -2.14. The zero-order chi connectivity index (χ0) is 49.4. The highest BCUT2D eigenvalue weighted by atomic mass is 16.5. The SMILES string of the molecule is CCCCCCCCCCCC(=O)OCC(CC)CCCC.CCCCCCCCCCCC(=O)OCC(CC)CCCC.CCCCCCCCCCCC(=O)OCC(CC)CCCC. The number of ether oxygens (including phenoxy) is 3. The van der Waals surface area contributed by atoms with Crippen LogP contribution in [0.25, 0.3) is 0 Å². The molecule has 0 fully saturated rings. The molecule has 0 spiro atoms. The van der Waals surface area contributed by atoms with Crippen LogP contribution < -0.4 is 0 Å². The van der Waals surface area contributed by atoms with E-state index < -0.39 is 0 Å². The summed E-state index contributed by atoms with van der Waals surface area (Å²) in [5.74, 6) is 1.72. The number of carbonyl (C=O) groups excluding carboxylic acids is 3. The Bertz CT molecular complexity index is 832. The third-order valence-electron chi connectivity index (χ3n) is 13.5. The van der Waals surface area contributed by atoms with Crippen molar-refractivity contribution in [3.63, 3.8) is 0 Å². The Labute approximate surface area is 414 Å². The van der Waals surface area contributed by atoms with Crippen molar-refractivity contribution in [1.82, 2.24) is 0 Å². The van der Waals surface area contributed by atoms with Crippen molar-refractivity contribution in [3.05, 3.63) is 0 Å². The van der Waals surface area contributed by atoms with Gasteiger partial charge < -0.3 is 14.2 Å². The fourth-order valence-electron chi connectivity index (χ4n) is 8.28. The molecule has 0 amide bonds. The summed E-state index contributed by atoms with van der Waals surface area (Å²) in [4.78, 5) is 35.2. The second kappa shape index (κ2) is 59.5. The van der Waals surface area contributed by atoms with Gasteiger partial charge in [0.15, 0.2) is 0 Å². The first-order chi connectivity index (χ1) is 32.2. The van der Waals surface area contributed by atoms with Gasteiger partial charge in [0.1, 0.15) is 0 Å². The Hall–Kier alpha value is -1.59. The van der Waals surface area contributed by atoms with Crippen molar-refractivity contribution in [1.29, 1.82) is 0 Å². The van der Waals surface area contributed by atoms with E-state index in [0.29, 0.717) is 56.8 Å². The molecular formula is C60H120O6. The van der Waals surface area contributed by atoms with Crippen LogP contribution in [0, 0.1) is 17.8 Å². The molecule has 0 rings (SSSR count). The smallest absolute Gasteiger partial charge is 0.305 e. The van der Waals surface area contributed by atoms with Gasteiger partial charge in [-0.3, -0.25) is 14.4 Å². The van der Waals surface area contributed by atoms with E-state index in [4.69, 9.17) is 14.2 Å². The maximum atomic E-state index is 11.7. The van der Waals surface area contributed by atoms with E-state index in [0.717, 1.165) is 38.5 Å². The molecule has 0 saturated heterocycles. The van der Waals surface area contributed by atoms with E-state index >= 15 is 0 Å². The van der Waals surface area contributed by atoms with Gasteiger partial charge in [-0.2, -0.15) is 0 Å². The summed E-state index contributed by atoms with van der Waals surface area (Å²) in [5.41, 5.74) is 0. The summed E-state index contributed by atoms with van der Waals surface area (Å²) in [5, 5.41) is 0. The zero-order valence-electron chi connectivity index (χ0n) is 46.5. The summed E-state index contributed by atoms with van der Waals surface area (Å²) in [6.45, 7) is 21.9. The lowest BCUT2D eigenvalue weighted by atomic mass is 10.0. The molecule has 396 valence electrons. The minimum Gasteiger partial charge on any atom is -0.465 e. The standard InChI is InChI=1S/3C20H40O2/c3*1-4-7-9-10-11-12-13-14-15-17-20(21)22-18-19(6-3)16-8-5-2/h3*19H,4-18H2,1-3H3. The van der Waals surface area contributed by atoms with Crippen molar-refractivity contribution in [2.75, 3.05) is 19.8 Å². The second-order valence-electron chi connectivity index (χ2n) is 20.0. The Morgan fingerprint density at radius 3 is 0.621 bits per heavy atom. The molecule has 66 heavy (non-hydrogen) atoms. The van der Waals surface area contributed by atoms with Crippen molar-refractivity contribution in [3.8, 4) is 0 Å². The van der Waals surface area contributed by atoms with Crippen molar-refractivity contribution in [2.45, 2.75) is 332 Å². The van der Waals surface area contributed by atoms with Crippen LogP contribution in [0.1, 0.15) is 332 Å². The maximum Gasteiger partial charge on any atom is 0.305 e. The van der Waals surface area contributed by atoms with Crippen LogP contribution in [0.15, 0.2) is 0 Å². The highest BCUT2D eigenvalue weighted by Gasteiger charge is 2.12. The third-order valence-corrected chi connectivity index (χ3v) is 13.5. The summed E-state index contributed by atoms with van der Waals surface area (Å²) >= 11 is 0. The number of hydrogen-bond donors (Lipinski definition) is 0. The summed E-state index contributed by atoms with van der Waals surface area (Å²) in [7, 11) is 0.